The predicted molar refractivity (Wildman–Crippen MR) is 93.4 cm³/mol. The van der Waals surface area contributed by atoms with Gasteiger partial charge in [0.15, 0.2) is 6.61 Å². The summed E-state index contributed by atoms with van der Waals surface area (Å²) in [5.41, 5.74) is 1.31. The lowest BCUT2D eigenvalue weighted by Gasteiger charge is -2.12. The molecule has 6 heteroatoms. The Hall–Kier alpha value is -3.15. The van der Waals surface area contributed by atoms with Crippen LogP contribution in [-0.4, -0.2) is 24.1 Å². The van der Waals surface area contributed by atoms with Crippen LogP contribution >= 0.6 is 0 Å². The number of pyridine rings is 1. The van der Waals surface area contributed by atoms with Crippen molar-refractivity contribution in [1.29, 1.82) is 0 Å². The molecule has 0 fully saturated rings. The second kappa shape index (κ2) is 7.61. The quantitative estimate of drug-likeness (QED) is 0.742. The first-order chi connectivity index (χ1) is 12.2. The molecular weight excluding hydrogens is 323 g/mol. The highest BCUT2D eigenvalue weighted by Crippen LogP contribution is 2.30. The first kappa shape index (κ1) is 16.7. The predicted octanol–water partition coefficient (Wildman–Crippen LogP) is 3.79. The van der Waals surface area contributed by atoms with Crippen molar-refractivity contribution in [3.05, 3.63) is 60.5 Å². The molecule has 3 aromatic rings. The zero-order valence-electron chi connectivity index (χ0n) is 13.7. The van der Waals surface area contributed by atoms with Gasteiger partial charge in [-0.25, -0.2) is 4.39 Å². The van der Waals surface area contributed by atoms with E-state index < -0.39 is 0 Å². The minimum atomic E-state index is -0.356. The van der Waals surface area contributed by atoms with E-state index in [1.165, 1.54) is 24.3 Å². The third kappa shape index (κ3) is 4.03. The number of carbonyl (C=O) groups excluding carboxylic acids is 1. The molecule has 0 spiro atoms. The average Bonchev–Trinajstić information content (AvgIpc) is 2.63. The van der Waals surface area contributed by atoms with Crippen LogP contribution in [-0.2, 0) is 4.79 Å². The van der Waals surface area contributed by atoms with Gasteiger partial charge in [-0.2, -0.15) is 0 Å². The van der Waals surface area contributed by atoms with Gasteiger partial charge in [0, 0.05) is 11.6 Å². The number of fused-ring (bicyclic) bond motifs is 1. The number of aromatic nitrogens is 1. The Morgan fingerprint density at radius 1 is 1.12 bits per heavy atom. The molecule has 3 rings (SSSR count). The largest absolute Gasteiger partial charge is 0.492 e. The van der Waals surface area contributed by atoms with Gasteiger partial charge in [0.05, 0.1) is 12.3 Å². The van der Waals surface area contributed by atoms with E-state index in [1.807, 2.05) is 13.0 Å². The first-order valence-electron chi connectivity index (χ1n) is 7.86. The summed E-state index contributed by atoms with van der Waals surface area (Å²) in [6.07, 6.45) is 1.67. The maximum atomic E-state index is 12.9. The molecule has 0 saturated heterocycles. The summed E-state index contributed by atoms with van der Waals surface area (Å²) >= 11 is 0. The van der Waals surface area contributed by atoms with Crippen LogP contribution in [0.4, 0.5) is 10.1 Å². The second-order valence-electron chi connectivity index (χ2n) is 5.23. The van der Waals surface area contributed by atoms with Gasteiger partial charge < -0.3 is 14.8 Å². The maximum Gasteiger partial charge on any atom is 0.262 e. The molecule has 0 bridgehead atoms. The van der Waals surface area contributed by atoms with E-state index in [0.29, 0.717) is 29.3 Å². The summed E-state index contributed by atoms with van der Waals surface area (Å²) in [5, 5.41) is 3.58. The Morgan fingerprint density at radius 3 is 2.68 bits per heavy atom. The molecule has 0 unspecified atom stereocenters. The molecule has 128 valence electrons. The van der Waals surface area contributed by atoms with Gasteiger partial charge in [0.2, 0.25) is 0 Å². The number of hydrogen-bond acceptors (Lipinski definition) is 4. The van der Waals surface area contributed by atoms with Crippen molar-refractivity contribution in [3.63, 3.8) is 0 Å². The van der Waals surface area contributed by atoms with E-state index in [0.717, 1.165) is 5.39 Å². The Balaban J connectivity index is 1.72. The fraction of sp³-hybridized carbons (Fsp3) is 0.158. The van der Waals surface area contributed by atoms with Crippen LogP contribution < -0.4 is 14.8 Å². The number of benzene rings is 2. The van der Waals surface area contributed by atoms with Crippen molar-refractivity contribution in [2.75, 3.05) is 18.5 Å². The van der Waals surface area contributed by atoms with Crippen LogP contribution in [0.15, 0.2) is 54.7 Å². The van der Waals surface area contributed by atoms with Crippen molar-refractivity contribution >= 4 is 22.5 Å². The fourth-order valence-corrected chi connectivity index (χ4v) is 2.39. The number of carbonyl (C=O) groups is 1. The summed E-state index contributed by atoms with van der Waals surface area (Å²) in [4.78, 5) is 16.5. The fourth-order valence-electron chi connectivity index (χ4n) is 2.39. The molecule has 1 aromatic heterocycles. The van der Waals surface area contributed by atoms with Crippen molar-refractivity contribution in [1.82, 2.24) is 4.98 Å². The van der Waals surface area contributed by atoms with Crippen molar-refractivity contribution in [3.8, 4) is 11.5 Å². The first-order valence-corrected chi connectivity index (χ1v) is 7.86. The molecule has 1 N–H and O–H groups in total. The number of amides is 1. The minimum Gasteiger partial charge on any atom is -0.492 e. The van der Waals surface area contributed by atoms with E-state index >= 15 is 0 Å². The summed E-state index contributed by atoms with van der Waals surface area (Å²) in [5.74, 6) is 0.414. The monoisotopic (exact) mass is 340 g/mol. The lowest BCUT2D eigenvalue weighted by atomic mass is 10.1. The Kier molecular flexibility index (Phi) is 5.09. The number of ether oxygens (including phenoxy) is 2. The molecule has 1 amide bonds. The molecular formula is C19H17FN2O3. The van der Waals surface area contributed by atoms with Gasteiger partial charge in [-0.1, -0.05) is 0 Å². The molecule has 25 heavy (non-hydrogen) atoms. The van der Waals surface area contributed by atoms with E-state index in [4.69, 9.17) is 9.47 Å². The van der Waals surface area contributed by atoms with Crippen LogP contribution in [0.25, 0.3) is 10.9 Å². The van der Waals surface area contributed by atoms with Gasteiger partial charge >= 0.3 is 0 Å². The highest BCUT2D eigenvalue weighted by molar-refractivity contribution is 6.03. The smallest absolute Gasteiger partial charge is 0.262 e. The molecule has 2 aromatic carbocycles. The SMILES string of the molecule is CCOc1ccc(NC(=O)COc2ccc(F)cc2)c2cccnc12. The van der Waals surface area contributed by atoms with Gasteiger partial charge in [-0.3, -0.25) is 9.78 Å². The maximum absolute atomic E-state index is 12.9. The topological polar surface area (TPSA) is 60.5 Å². The highest BCUT2D eigenvalue weighted by atomic mass is 19.1. The normalized spacial score (nSPS) is 10.5. The average molecular weight is 340 g/mol. The summed E-state index contributed by atoms with van der Waals surface area (Å²) in [6.45, 7) is 2.25. The van der Waals surface area contributed by atoms with Crippen LogP contribution in [0.5, 0.6) is 11.5 Å². The standard InChI is InChI=1S/C19H17FN2O3/c1-2-24-17-10-9-16(15-4-3-11-21-19(15)17)22-18(23)12-25-14-7-5-13(20)6-8-14/h3-11H,2,12H2,1H3,(H,22,23). The van der Waals surface area contributed by atoms with Crippen molar-refractivity contribution in [2.45, 2.75) is 6.92 Å². The number of nitrogens with zero attached hydrogens (tertiary/aromatic N) is 1. The number of anilines is 1. The van der Waals surface area contributed by atoms with Crippen molar-refractivity contribution in [2.24, 2.45) is 0 Å². The van der Waals surface area contributed by atoms with E-state index in [9.17, 15) is 9.18 Å². The summed E-state index contributed by atoms with van der Waals surface area (Å²) in [7, 11) is 0. The number of rotatable bonds is 6. The molecule has 0 atom stereocenters. The lowest BCUT2D eigenvalue weighted by molar-refractivity contribution is -0.118. The lowest BCUT2D eigenvalue weighted by Crippen LogP contribution is -2.20. The number of halogens is 1. The minimum absolute atomic E-state index is 0.180. The second-order valence-corrected chi connectivity index (χ2v) is 5.23. The van der Waals surface area contributed by atoms with Crippen LogP contribution in [0.2, 0.25) is 0 Å². The van der Waals surface area contributed by atoms with Crippen LogP contribution in [0.3, 0.4) is 0 Å². The molecule has 0 aliphatic heterocycles. The molecule has 1 heterocycles. The Morgan fingerprint density at radius 2 is 1.92 bits per heavy atom. The van der Waals surface area contributed by atoms with E-state index in [1.54, 1.807) is 24.4 Å². The number of hydrogen-bond donors (Lipinski definition) is 1. The molecule has 0 saturated carbocycles. The third-order valence-corrected chi connectivity index (χ3v) is 3.49. The van der Waals surface area contributed by atoms with E-state index in [2.05, 4.69) is 10.3 Å². The van der Waals surface area contributed by atoms with Crippen molar-refractivity contribution < 1.29 is 18.7 Å². The van der Waals surface area contributed by atoms with Crippen LogP contribution in [0.1, 0.15) is 6.92 Å². The van der Waals surface area contributed by atoms with E-state index in [-0.39, 0.29) is 18.3 Å². The van der Waals surface area contributed by atoms with Gasteiger partial charge in [-0.15, -0.1) is 0 Å². The summed E-state index contributed by atoms with van der Waals surface area (Å²) < 4.78 is 23.8. The highest BCUT2D eigenvalue weighted by Gasteiger charge is 2.11. The van der Waals surface area contributed by atoms with Gasteiger partial charge in [-0.05, 0) is 55.5 Å². The molecule has 0 aliphatic rings. The number of nitrogens with one attached hydrogen (secondary N) is 1. The zero-order valence-corrected chi connectivity index (χ0v) is 13.7. The third-order valence-electron chi connectivity index (χ3n) is 3.49. The van der Waals surface area contributed by atoms with Gasteiger partial charge in [0.25, 0.3) is 5.91 Å². The molecule has 0 aliphatic carbocycles. The molecule has 5 nitrogen and oxygen atoms in total. The summed E-state index contributed by atoms with van der Waals surface area (Å²) in [6, 6.07) is 12.7. The van der Waals surface area contributed by atoms with Gasteiger partial charge in [0.1, 0.15) is 22.8 Å². The molecule has 0 radical (unpaired) electrons. The Bertz CT molecular complexity index is 881. The zero-order chi connectivity index (χ0) is 17.6. The van der Waals surface area contributed by atoms with Crippen LogP contribution in [0, 0.1) is 5.82 Å². The Labute approximate surface area is 144 Å².